The van der Waals surface area contributed by atoms with Gasteiger partial charge in [0, 0.05) is 30.1 Å². The van der Waals surface area contributed by atoms with E-state index >= 15 is 0 Å². The zero-order chi connectivity index (χ0) is 29.1. The second-order valence-electron chi connectivity index (χ2n) is 11.6. The fourth-order valence-electron chi connectivity index (χ4n) is 6.62. The number of fused-ring (bicyclic) bond motifs is 3. The van der Waals surface area contributed by atoms with E-state index in [0.717, 1.165) is 22.8 Å². The number of carbonyl (C=O) groups excluding carboxylic acids is 3. The van der Waals surface area contributed by atoms with E-state index in [1.54, 1.807) is 26.1 Å². The van der Waals surface area contributed by atoms with Gasteiger partial charge in [-0.15, -0.1) is 0 Å². The van der Waals surface area contributed by atoms with Crippen molar-refractivity contribution >= 4 is 29.2 Å². The Hall–Kier alpha value is -4.18. The standard InChI is InChI=1S/C31H31F2N5O3/c1-4-37-16-25(19-10-21(32)13-22(33)11-19)38(29(41)30(37,2)3)17-26(39)35-23-8-7-18-14-31(15-20(18)12-23)24-6-5-9-34-27(24)36-28(31)40/h5-13,25H,4,14-17H2,1-3H3,(H,35,39)(H,34,36,40). The van der Waals surface area contributed by atoms with Gasteiger partial charge in [-0.25, -0.2) is 13.8 Å². The number of anilines is 2. The second-order valence-corrected chi connectivity index (χ2v) is 11.6. The monoisotopic (exact) mass is 559 g/mol. The maximum atomic E-state index is 14.1. The number of halogens is 2. The molecule has 3 aliphatic rings. The number of pyridine rings is 1. The van der Waals surface area contributed by atoms with Crippen molar-refractivity contribution < 1.29 is 23.2 Å². The van der Waals surface area contributed by atoms with E-state index in [4.69, 9.17) is 0 Å². The van der Waals surface area contributed by atoms with Crippen molar-refractivity contribution in [1.82, 2.24) is 14.8 Å². The summed E-state index contributed by atoms with van der Waals surface area (Å²) in [5.74, 6) is -1.71. The minimum absolute atomic E-state index is 0.0832. The van der Waals surface area contributed by atoms with Gasteiger partial charge < -0.3 is 15.5 Å². The van der Waals surface area contributed by atoms with Crippen LogP contribution in [0.1, 0.15) is 49.1 Å². The lowest BCUT2D eigenvalue weighted by Crippen LogP contribution is -2.64. The summed E-state index contributed by atoms with van der Waals surface area (Å²) < 4.78 is 28.3. The van der Waals surface area contributed by atoms with Crippen molar-refractivity contribution in [3.63, 3.8) is 0 Å². The molecule has 0 bridgehead atoms. The maximum Gasteiger partial charge on any atom is 0.244 e. The van der Waals surface area contributed by atoms with Crippen molar-refractivity contribution in [1.29, 1.82) is 0 Å². The van der Waals surface area contributed by atoms with E-state index in [2.05, 4.69) is 15.6 Å². The lowest BCUT2D eigenvalue weighted by Gasteiger charge is -2.49. The van der Waals surface area contributed by atoms with Crippen molar-refractivity contribution in [2.24, 2.45) is 0 Å². The van der Waals surface area contributed by atoms with Gasteiger partial charge in [0.25, 0.3) is 0 Å². The van der Waals surface area contributed by atoms with Crippen LogP contribution in [0.3, 0.4) is 0 Å². The molecule has 2 aliphatic heterocycles. The Bertz CT molecular complexity index is 1570. The Morgan fingerprint density at radius 3 is 2.54 bits per heavy atom. The number of hydrogen-bond acceptors (Lipinski definition) is 5. The molecule has 1 fully saturated rings. The lowest BCUT2D eigenvalue weighted by molar-refractivity contribution is -0.155. The number of carbonyl (C=O) groups is 3. The number of amides is 3. The molecule has 3 amide bonds. The predicted molar refractivity (Wildman–Crippen MR) is 149 cm³/mol. The first-order valence-electron chi connectivity index (χ1n) is 13.7. The number of hydrogen-bond donors (Lipinski definition) is 2. The zero-order valence-corrected chi connectivity index (χ0v) is 23.1. The largest absolute Gasteiger partial charge is 0.325 e. The molecule has 2 N–H and O–H groups in total. The Kier molecular flexibility index (Phi) is 6.41. The molecule has 1 saturated heterocycles. The van der Waals surface area contributed by atoms with Gasteiger partial charge in [-0.3, -0.25) is 19.3 Å². The van der Waals surface area contributed by atoms with E-state index < -0.39 is 34.5 Å². The average molecular weight is 560 g/mol. The Morgan fingerprint density at radius 2 is 1.80 bits per heavy atom. The van der Waals surface area contributed by atoms with Gasteiger partial charge in [-0.2, -0.15) is 0 Å². The highest BCUT2D eigenvalue weighted by Gasteiger charge is 2.51. The molecule has 3 aromatic rings. The molecular weight excluding hydrogens is 528 g/mol. The van der Waals surface area contributed by atoms with Crippen LogP contribution < -0.4 is 10.6 Å². The van der Waals surface area contributed by atoms with Crippen LogP contribution in [0.4, 0.5) is 20.3 Å². The van der Waals surface area contributed by atoms with Crippen LogP contribution in [0.5, 0.6) is 0 Å². The average Bonchev–Trinajstić information content (AvgIpc) is 3.43. The molecule has 41 heavy (non-hydrogen) atoms. The van der Waals surface area contributed by atoms with Gasteiger partial charge >= 0.3 is 0 Å². The van der Waals surface area contributed by atoms with Gasteiger partial charge in [-0.05, 0) is 80.3 Å². The van der Waals surface area contributed by atoms with Gasteiger partial charge in [0.15, 0.2) is 0 Å². The first kappa shape index (κ1) is 27.0. The van der Waals surface area contributed by atoms with E-state index in [1.807, 2.05) is 36.1 Å². The summed E-state index contributed by atoms with van der Waals surface area (Å²) >= 11 is 0. The Labute approximate surface area is 236 Å². The molecule has 212 valence electrons. The maximum absolute atomic E-state index is 14.1. The van der Waals surface area contributed by atoms with Gasteiger partial charge in [0.2, 0.25) is 17.7 Å². The van der Waals surface area contributed by atoms with Crippen molar-refractivity contribution in [2.75, 3.05) is 30.3 Å². The molecule has 8 nitrogen and oxygen atoms in total. The SMILES string of the molecule is CCN1CC(c2cc(F)cc(F)c2)N(CC(=O)Nc2ccc3c(c2)CC2(C3)C(=O)Nc3ncccc32)C(=O)C1(C)C. The normalized spacial score (nSPS) is 23.0. The van der Waals surface area contributed by atoms with Crippen LogP contribution in [-0.2, 0) is 32.6 Å². The number of benzene rings is 2. The fourth-order valence-corrected chi connectivity index (χ4v) is 6.62. The first-order chi connectivity index (χ1) is 19.5. The number of rotatable bonds is 5. The third kappa shape index (κ3) is 4.46. The van der Waals surface area contributed by atoms with E-state index in [1.165, 1.54) is 17.0 Å². The second kappa shape index (κ2) is 9.73. The van der Waals surface area contributed by atoms with Crippen LogP contribution in [0.25, 0.3) is 0 Å². The zero-order valence-electron chi connectivity index (χ0n) is 23.1. The van der Waals surface area contributed by atoms with Crippen LogP contribution in [0.15, 0.2) is 54.7 Å². The topological polar surface area (TPSA) is 94.6 Å². The van der Waals surface area contributed by atoms with Crippen LogP contribution in [0, 0.1) is 11.6 Å². The van der Waals surface area contributed by atoms with Gasteiger partial charge in [0.05, 0.1) is 17.0 Å². The summed E-state index contributed by atoms with van der Waals surface area (Å²) in [5, 5.41) is 5.78. The van der Waals surface area contributed by atoms with E-state index in [9.17, 15) is 23.2 Å². The first-order valence-corrected chi connectivity index (χ1v) is 13.7. The highest BCUT2D eigenvalue weighted by molar-refractivity contribution is 6.06. The van der Waals surface area contributed by atoms with Gasteiger partial charge in [-0.1, -0.05) is 19.1 Å². The summed E-state index contributed by atoms with van der Waals surface area (Å²) in [6, 6.07) is 11.8. The fraction of sp³-hybridized carbons (Fsp3) is 0.355. The smallest absolute Gasteiger partial charge is 0.244 e. The Balaban J connectivity index is 1.23. The molecule has 3 heterocycles. The summed E-state index contributed by atoms with van der Waals surface area (Å²) in [5.41, 5.74) is 2.07. The number of nitrogens with one attached hydrogen (secondary N) is 2. The van der Waals surface area contributed by atoms with Gasteiger partial charge in [0.1, 0.15) is 24.0 Å². The molecule has 2 atom stereocenters. The highest BCUT2D eigenvalue weighted by atomic mass is 19.1. The minimum Gasteiger partial charge on any atom is -0.325 e. The van der Waals surface area contributed by atoms with Crippen LogP contribution >= 0.6 is 0 Å². The Morgan fingerprint density at radius 1 is 1.07 bits per heavy atom. The molecule has 1 aromatic heterocycles. The quantitative estimate of drug-likeness (QED) is 0.494. The van der Waals surface area contributed by atoms with Crippen LogP contribution in [-0.4, -0.2) is 57.7 Å². The summed E-state index contributed by atoms with van der Waals surface area (Å²) in [7, 11) is 0. The van der Waals surface area contributed by atoms with Crippen LogP contribution in [0.2, 0.25) is 0 Å². The van der Waals surface area contributed by atoms with E-state index in [0.29, 0.717) is 43.0 Å². The summed E-state index contributed by atoms with van der Waals surface area (Å²) in [6.07, 6.45) is 2.67. The molecule has 2 aromatic carbocycles. The van der Waals surface area contributed by atoms with Crippen molar-refractivity contribution in [3.8, 4) is 0 Å². The molecule has 10 heteroatoms. The summed E-state index contributed by atoms with van der Waals surface area (Å²) in [4.78, 5) is 47.7. The molecule has 2 unspecified atom stereocenters. The highest BCUT2D eigenvalue weighted by Crippen LogP contribution is 2.47. The number of nitrogens with zero attached hydrogens (tertiary/aromatic N) is 3. The molecule has 1 aliphatic carbocycles. The number of likely N-dealkylation sites (N-methyl/N-ethyl adjacent to an activating group) is 1. The predicted octanol–water partition coefficient (Wildman–Crippen LogP) is 3.97. The lowest BCUT2D eigenvalue weighted by atomic mass is 9.79. The molecule has 6 rings (SSSR count). The summed E-state index contributed by atoms with van der Waals surface area (Å²) in [6.45, 7) is 6.09. The number of aromatic nitrogens is 1. The minimum atomic E-state index is -0.897. The third-order valence-corrected chi connectivity index (χ3v) is 8.77. The molecular formula is C31H31F2N5O3. The molecule has 1 spiro atoms. The third-order valence-electron chi connectivity index (χ3n) is 8.77. The van der Waals surface area contributed by atoms with E-state index in [-0.39, 0.29) is 18.4 Å². The molecule has 0 radical (unpaired) electrons. The van der Waals surface area contributed by atoms with Crippen molar-refractivity contribution in [2.45, 2.75) is 50.6 Å². The van der Waals surface area contributed by atoms with Crippen molar-refractivity contribution in [3.05, 3.63) is 88.6 Å². The molecule has 0 saturated carbocycles. The number of piperazine rings is 1.